The van der Waals surface area contributed by atoms with E-state index in [1.165, 1.54) is 0 Å². The van der Waals surface area contributed by atoms with Gasteiger partial charge in [0.05, 0.1) is 5.38 Å². The first-order valence-corrected chi connectivity index (χ1v) is 6.95. The van der Waals surface area contributed by atoms with E-state index in [0.29, 0.717) is 6.42 Å². The summed E-state index contributed by atoms with van der Waals surface area (Å²) in [6, 6.07) is 0. The van der Waals surface area contributed by atoms with Gasteiger partial charge in [-0.3, -0.25) is 0 Å². The van der Waals surface area contributed by atoms with E-state index >= 15 is 0 Å². The van der Waals surface area contributed by atoms with Crippen LogP contribution in [0.1, 0.15) is 28.8 Å². The summed E-state index contributed by atoms with van der Waals surface area (Å²) in [6.45, 7) is 0. The predicted molar refractivity (Wildman–Crippen MR) is 65.0 cm³/mol. The molecule has 0 N–H and O–H groups in total. The van der Waals surface area contributed by atoms with Crippen LogP contribution >= 0.6 is 34.8 Å². The maximum absolute atomic E-state index is 13.9. The molecule has 104 valence electrons. The third kappa shape index (κ3) is 1.66. The van der Waals surface area contributed by atoms with Crippen molar-refractivity contribution in [2.45, 2.75) is 28.5 Å². The predicted octanol–water partition coefficient (Wildman–Crippen LogP) is 4.85. The molecule has 0 aromatic heterocycles. The van der Waals surface area contributed by atoms with Gasteiger partial charge in [0.1, 0.15) is 0 Å². The van der Waals surface area contributed by atoms with Crippen LogP contribution in [0.25, 0.3) is 0 Å². The second-order valence-electron chi connectivity index (χ2n) is 4.87. The monoisotopic (exact) mass is 332 g/mol. The van der Waals surface area contributed by atoms with Gasteiger partial charge in [-0.15, -0.1) is 34.8 Å². The molecule has 0 radical (unpaired) electrons. The van der Waals surface area contributed by atoms with Gasteiger partial charge >= 0.3 is 0 Å². The average molecular weight is 334 g/mol. The Morgan fingerprint density at radius 3 is 1.89 bits per heavy atom. The van der Waals surface area contributed by atoms with Crippen LogP contribution in [0.5, 0.6) is 0 Å². The number of fused-ring (bicyclic) bond motifs is 4. The van der Waals surface area contributed by atoms with Crippen molar-refractivity contribution in [2.24, 2.45) is 5.92 Å². The average Bonchev–Trinajstić information content (AvgIpc) is 2.59. The van der Waals surface area contributed by atoms with Crippen LogP contribution in [-0.2, 0) is 0 Å². The lowest BCUT2D eigenvalue weighted by Gasteiger charge is -2.32. The van der Waals surface area contributed by atoms with Crippen LogP contribution in [0.3, 0.4) is 0 Å². The van der Waals surface area contributed by atoms with E-state index in [0.717, 1.165) is 0 Å². The van der Waals surface area contributed by atoms with Crippen molar-refractivity contribution in [3.8, 4) is 0 Å². The van der Waals surface area contributed by atoms with Crippen molar-refractivity contribution in [1.29, 1.82) is 0 Å². The van der Waals surface area contributed by atoms with E-state index in [1.807, 2.05) is 0 Å². The smallest absolute Gasteiger partial charge is 0.197 e. The maximum Gasteiger partial charge on any atom is 0.197 e. The Kier molecular flexibility index (Phi) is 3.19. The van der Waals surface area contributed by atoms with E-state index < -0.39 is 45.3 Å². The zero-order chi connectivity index (χ0) is 14.1. The molecule has 0 aliphatic heterocycles. The first-order chi connectivity index (χ1) is 8.86. The van der Waals surface area contributed by atoms with Crippen molar-refractivity contribution in [3.63, 3.8) is 0 Å². The van der Waals surface area contributed by atoms with Crippen LogP contribution in [-0.4, -0.2) is 10.8 Å². The Balaban J connectivity index is 2.35. The molecule has 1 aromatic carbocycles. The number of hydrogen-bond donors (Lipinski definition) is 0. The molecule has 1 fully saturated rings. The molecule has 0 nitrogen and oxygen atoms in total. The van der Waals surface area contributed by atoms with Crippen LogP contribution < -0.4 is 0 Å². The Labute approximate surface area is 121 Å². The van der Waals surface area contributed by atoms with Gasteiger partial charge in [-0.1, -0.05) is 0 Å². The van der Waals surface area contributed by atoms with Gasteiger partial charge in [0.25, 0.3) is 0 Å². The highest BCUT2D eigenvalue weighted by atomic mass is 35.5. The zero-order valence-electron chi connectivity index (χ0n) is 9.24. The number of alkyl halides is 3. The van der Waals surface area contributed by atoms with E-state index in [4.69, 9.17) is 34.8 Å². The molecule has 19 heavy (non-hydrogen) atoms. The molecule has 7 heteroatoms. The Morgan fingerprint density at radius 1 is 0.789 bits per heavy atom. The van der Waals surface area contributed by atoms with Crippen LogP contribution in [0.15, 0.2) is 0 Å². The first-order valence-electron chi connectivity index (χ1n) is 5.64. The quantitative estimate of drug-likeness (QED) is 0.275. The lowest BCUT2D eigenvalue weighted by atomic mass is 9.81. The minimum absolute atomic E-state index is 0.315. The highest BCUT2D eigenvalue weighted by Gasteiger charge is 2.53. The Morgan fingerprint density at radius 2 is 1.32 bits per heavy atom. The molecule has 5 atom stereocenters. The first kappa shape index (κ1) is 13.8. The summed E-state index contributed by atoms with van der Waals surface area (Å²) in [5, 5.41) is -2.20. The fraction of sp³-hybridized carbons (Fsp3) is 0.500. The molecule has 2 aliphatic carbocycles. The number of rotatable bonds is 0. The second-order valence-corrected chi connectivity index (χ2v) is 6.41. The summed E-state index contributed by atoms with van der Waals surface area (Å²) >= 11 is 18.3. The lowest BCUT2D eigenvalue weighted by molar-refractivity contribution is 0.377. The summed E-state index contributed by atoms with van der Waals surface area (Å²) in [5.74, 6) is -7.73. The number of benzene rings is 1. The van der Waals surface area contributed by atoms with Gasteiger partial charge in [-0.05, 0) is 12.3 Å². The summed E-state index contributed by atoms with van der Waals surface area (Å²) in [7, 11) is 0. The van der Waals surface area contributed by atoms with Crippen molar-refractivity contribution in [2.75, 3.05) is 0 Å². The molecule has 1 saturated carbocycles. The molecule has 2 bridgehead atoms. The Bertz CT molecular complexity index is 563. The molecular formula is C12H7Cl3F4. The van der Waals surface area contributed by atoms with E-state index in [1.54, 1.807) is 0 Å². The van der Waals surface area contributed by atoms with Crippen LogP contribution in [0, 0.1) is 29.2 Å². The van der Waals surface area contributed by atoms with Gasteiger partial charge in [0, 0.05) is 27.8 Å². The summed E-state index contributed by atoms with van der Waals surface area (Å²) in [4.78, 5) is 0. The van der Waals surface area contributed by atoms with Gasteiger partial charge in [0.15, 0.2) is 23.3 Å². The highest BCUT2D eigenvalue weighted by molar-refractivity contribution is 6.28. The van der Waals surface area contributed by atoms with E-state index in [-0.39, 0.29) is 17.0 Å². The zero-order valence-corrected chi connectivity index (χ0v) is 11.5. The topological polar surface area (TPSA) is 0 Å². The third-order valence-corrected chi connectivity index (χ3v) is 5.55. The fourth-order valence-electron chi connectivity index (χ4n) is 3.10. The van der Waals surface area contributed by atoms with Crippen molar-refractivity contribution in [1.82, 2.24) is 0 Å². The molecular weight excluding hydrogens is 326 g/mol. The minimum Gasteiger partial charge on any atom is -0.203 e. The summed E-state index contributed by atoms with van der Waals surface area (Å²) in [5.41, 5.74) is -0.654. The van der Waals surface area contributed by atoms with Gasteiger partial charge < -0.3 is 0 Å². The molecule has 1 unspecified atom stereocenters. The van der Waals surface area contributed by atoms with E-state index in [2.05, 4.69) is 0 Å². The minimum atomic E-state index is -1.85. The Hall–Kier alpha value is -0.190. The maximum atomic E-state index is 13.9. The van der Waals surface area contributed by atoms with Crippen molar-refractivity contribution in [3.05, 3.63) is 34.4 Å². The van der Waals surface area contributed by atoms with Crippen LogP contribution in [0.2, 0.25) is 0 Å². The molecule has 1 aromatic rings. The largest absolute Gasteiger partial charge is 0.203 e. The van der Waals surface area contributed by atoms with Crippen LogP contribution in [0.4, 0.5) is 17.6 Å². The van der Waals surface area contributed by atoms with E-state index in [9.17, 15) is 17.6 Å². The molecule has 0 spiro atoms. The summed E-state index contributed by atoms with van der Waals surface area (Å²) < 4.78 is 54.5. The lowest BCUT2D eigenvalue weighted by Crippen LogP contribution is -2.29. The van der Waals surface area contributed by atoms with Gasteiger partial charge in [-0.2, -0.15) is 0 Å². The number of halogens is 7. The summed E-state index contributed by atoms with van der Waals surface area (Å²) in [6.07, 6.45) is 0.353. The van der Waals surface area contributed by atoms with Crippen molar-refractivity contribution < 1.29 is 17.6 Å². The highest BCUT2D eigenvalue weighted by Crippen LogP contribution is 2.58. The van der Waals surface area contributed by atoms with Gasteiger partial charge in [-0.25, -0.2) is 17.6 Å². The molecule has 3 rings (SSSR count). The molecule has 0 saturated heterocycles. The van der Waals surface area contributed by atoms with Gasteiger partial charge in [0.2, 0.25) is 0 Å². The molecule has 0 heterocycles. The normalized spacial score (nSPS) is 36.5. The fourth-order valence-corrected chi connectivity index (χ4v) is 4.76. The van der Waals surface area contributed by atoms with Crippen molar-refractivity contribution >= 4 is 34.8 Å². The molecule has 0 amide bonds. The standard InChI is InChI=1S/C12H7Cl3F4/c13-3-1-2-7(14)4(3)5-6(8(2)15)10(17)12(19)11(18)9(5)16/h2-4,7-8H,1H2/t2-,3-,4-,7?,8-/m0/s1. The number of hydrogen-bond acceptors (Lipinski definition) is 0. The second kappa shape index (κ2) is 4.40. The third-order valence-electron chi connectivity index (χ3n) is 3.97. The molecule has 2 aliphatic rings. The SMILES string of the molecule is Fc1c(F)c(F)c2c(c1F)[C@@H](Cl)[C@H]1C[C@H](Cl)[C@@H]2C1Cl.